The summed E-state index contributed by atoms with van der Waals surface area (Å²) in [5.41, 5.74) is 1.08. The summed E-state index contributed by atoms with van der Waals surface area (Å²) in [5.74, 6) is -0.436. The van der Waals surface area contributed by atoms with Crippen LogP contribution in [0, 0.1) is 11.6 Å². The molecule has 1 unspecified atom stereocenters. The molecule has 2 aromatic carbocycles. The van der Waals surface area contributed by atoms with Gasteiger partial charge in [-0.2, -0.15) is 0 Å². The minimum atomic E-state index is -0.479. The second-order valence-corrected chi connectivity index (χ2v) is 6.07. The smallest absolute Gasteiger partial charge is 0.141 e. The first kappa shape index (κ1) is 16.4. The Morgan fingerprint density at radius 1 is 1.10 bits per heavy atom. The lowest BCUT2D eigenvalue weighted by Gasteiger charge is -2.22. The summed E-state index contributed by atoms with van der Waals surface area (Å²) in [7, 11) is 3.16. The third kappa shape index (κ3) is 3.27. The molecule has 2 aromatic rings. The van der Waals surface area contributed by atoms with Crippen molar-refractivity contribution >= 4 is 31.9 Å². The Morgan fingerprint density at radius 2 is 1.81 bits per heavy atom. The van der Waals surface area contributed by atoms with E-state index in [4.69, 9.17) is 4.74 Å². The minimum absolute atomic E-state index is 0.297. The molecule has 1 N–H and O–H groups in total. The zero-order valence-electron chi connectivity index (χ0n) is 11.4. The van der Waals surface area contributed by atoms with Gasteiger partial charge in [-0.25, -0.2) is 8.78 Å². The molecule has 0 saturated carbocycles. The SMILES string of the molecule is CNC(c1cc(Br)c(F)cc1OC)c1c(F)cccc1Br. The molecule has 2 nitrogen and oxygen atoms in total. The Kier molecular flexibility index (Phi) is 5.35. The Bertz CT molecular complexity index is 644. The van der Waals surface area contributed by atoms with Gasteiger partial charge in [0, 0.05) is 21.7 Å². The van der Waals surface area contributed by atoms with Gasteiger partial charge in [-0.05, 0) is 41.2 Å². The molecule has 0 aliphatic carbocycles. The lowest BCUT2D eigenvalue weighted by Crippen LogP contribution is -2.20. The average molecular weight is 421 g/mol. The van der Waals surface area contributed by atoms with E-state index in [0.717, 1.165) is 0 Å². The monoisotopic (exact) mass is 419 g/mol. The van der Waals surface area contributed by atoms with E-state index >= 15 is 0 Å². The molecule has 0 aromatic heterocycles. The van der Waals surface area contributed by atoms with Crippen LogP contribution in [0.3, 0.4) is 0 Å². The Balaban J connectivity index is 2.64. The molecule has 0 bridgehead atoms. The van der Waals surface area contributed by atoms with Gasteiger partial charge in [0.25, 0.3) is 0 Å². The fourth-order valence-electron chi connectivity index (χ4n) is 2.19. The summed E-state index contributed by atoms with van der Waals surface area (Å²) in [6.07, 6.45) is 0. The Morgan fingerprint density at radius 3 is 2.38 bits per heavy atom. The van der Waals surface area contributed by atoms with E-state index in [9.17, 15) is 8.78 Å². The van der Waals surface area contributed by atoms with Crippen LogP contribution in [-0.4, -0.2) is 14.2 Å². The van der Waals surface area contributed by atoms with Crippen molar-refractivity contribution in [1.82, 2.24) is 5.32 Å². The highest BCUT2D eigenvalue weighted by Crippen LogP contribution is 2.37. The largest absolute Gasteiger partial charge is 0.496 e. The van der Waals surface area contributed by atoms with Gasteiger partial charge in [-0.3, -0.25) is 0 Å². The quantitative estimate of drug-likeness (QED) is 0.766. The van der Waals surface area contributed by atoms with Crippen molar-refractivity contribution in [2.45, 2.75) is 6.04 Å². The predicted molar refractivity (Wildman–Crippen MR) is 85.7 cm³/mol. The van der Waals surface area contributed by atoms with Gasteiger partial charge in [0.2, 0.25) is 0 Å². The predicted octanol–water partition coefficient (Wildman–Crippen LogP) is 4.81. The van der Waals surface area contributed by atoms with E-state index in [1.165, 1.54) is 19.2 Å². The van der Waals surface area contributed by atoms with Crippen molar-refractivity contribution in [3.8, 4) is 5.75 Å². The van der Waals surface area contributed by atoms with Gasteiger partial charge >= 0.3 is 0 Å². The van der Waals surface area contributed by atoms with Crippen LogP contribution in [0.25, 0.3) is 0 Å². The number of nitrogens with one attached hydrogen (secondary N) is 1. The van der Waals surface area contributed by atoms with Crippen LogP contribution in [-0.2, 0) is 0 Å². The van der Waals surface area contributed by atoms with Crippen molar-refractivity contribution in [1.29, 1.82) is 0 Å². The van der Waals surface area contributed by atoms with Crippen LogP contribution in [0.5, 0.6) is 5.75 Å². The van der Waals surface area contributed by atoms with E-state index in [2.05, 4.69) is 37.2 Å². The van der Waals surface area contributed by atoms with Gasteiger partial charge in [-0.15, -0.1) is 0 Å². The van der Waals surface area contributed by atoms with E-state index in [1.54, 1.807) is 25.2 Å². The highest BCUT2D eigenvalue weighted by atomic mass is 79.9. The summed E-state index contributed by atoms with van der Waals surface area (Å²) in [6.45, 7) is 0. The van der Waals surface area contributed by atoms with E-state index in [-0.39, 0.29) is 5.82 Å². The molecule has 2 rings (SSSR count). The number of rotatable bonds is 4. The highest BCUT2D eigenvalue weighted by molar-refractivity contribution is 9.10. The number of benzene rings is 2. The maximum absolute atomic E-state index is 14.2. The van der Waals surface area contributed by atoms with Gasteiger partial charge < -0.3 is 10.1 Å². The third-order valence-electron chi connectivity index (χ3n) is 3.16. The molecule has 0 aliphatic rings. The molecule has 1 atom stereocenters. The number of methoxy groups -OCH3 is 1. The first-order chi connectivity index (χ1) is 9.99. The molecule has 0 aliphatic heterocycles. The number of halogens is 4. The van der Waals surface area contributed by atoms with Crippen molar-refractivity contribution in [2.24, 2.45) is 0 Å². The molecule has 6 heteroatoms. The average Bonchev–Trinajstić information content (AvgIpc) is 2.46. The van der Waals surface area contributed by atoms with Gasteiger partial charge in [0.15, 0.2) is 0 Å². The second kappa shape index (κ2) is 6.85. The summed E-state index contributed by atoms with van der Waals surface area (Å²) in [5, 5.41) is 3.04. The van der Waals surface area contributed by atoms with E-state index in [1.807, 2.05) is 0 Å². The van der Waals surface area contributed by atoms with Gasteiger partial charge in [0.05, 0.1) is 17.6 Å². The molecule has 0 fully saturated rings. The first-order valence-corrected chi connectivity index (χ1v) is 7.72. The van der Waals surface area contributed by atoms with Crippen molar-refractivity contribution in [2.75, 3.05) is 14.2 Å². The van der Waals surface area contributed by atoms with Crippen molar-refractivity contribution in [3.05, 3.63) is 62.0 Å². The highest BCUT2D eigenvalue weighted by Gasteiger charge is 2.23. The topological polar surface area (TPSA) is 21.3 Å². The van der Waals surface area contributed by atoms with E-state index < -0.39 is 11.9 Å². The molecule has 0 heterocycles. The van der Waals surface area contributed by atoms with E-state index in [0.29, 0.717) is 25.8 Å². The summed E-state index contributed by atoms with van der Waals surface area (Å²) >= 11 is 6.51. The summed E-state index contributed by atoms with van der Waals surface area (Å²) < 4.78 is 34.0. The van der Waals surface area contributed by atoms with Gasteiger partial charge in [0.1, 0.15) is 17.4 Å². The van der Waals surface area contributed by atoms with Crippen LogP contribution in [0.4, 0.5) is 8.78 Å². The third-order valence-corrected chi connectivity index (χ3v) is 4.46. The Labute approximate surface area is 138 Å². The number of ether oxygens (including phenoxy) is 1. The van der Waals surface area contributed by atoms with Crippen molar-refractivity contribution in [3.63, 3.8) is 0 Å². The maximum atomic E-state index is 14.2. The molecule has 0 amide bonds. The summed E-state index contributed by atoms with van der Waals surface area (Å²) in [4.78, 5) is 0. The maximum Gasteiger partial charge on any atom is 0.141 e. The number of hydrogen-bond acceptors (Lipinski definition) is 2. The van der Waals surface area contributed by atoms with Crippen LogP contribution >= 0.6 is 31.9 Å². The van der Waals surface area contributed by atoms with Crippen LogP contribution < -0.4 is 10.1 Å². The molecular weight excluding hydrogens is 408 g/mol. The van der Waals surface area contributed by atoms with Crippen molar-refractivity contribution < 1.29 is 13.5 Å². The Hall–Kier alpha value is -0.980. The van der Waals surface area contributed by atoms with Crippen LogP contribution in [0.15, 0.2) is 39.3 Å². The first-order valence-electron chi connectivity index (χ1n) is 6.13. The summed E-state index contributed by atoms with van der Waals surface area (Å²) in [6, 6.07) is 7.15. The normalized spacial score (nSPS) is 12.3. The fraction of sp³-hybridized carbons (Fsp3) is 0.200. The number of hydrogen-bond donors (Lipinski definition) is 1. The fourth-order valence-corrected chi connectivity index (χ4v) is 3.12. The van der Waals surface area contributed by atoms with Gasteiger partial charge in [-0.1, -0.05) is 22.0 Å². The lowest BCUT2D eigenvalue weighted by molar-refractivity contribution is 0.400. The molecule has 112 valence electrons. The lowest BCUT2D eigenvalue weighted by atomic mass is 9.97. The van der Waals surface area contributed by atoms with Crippen LogP contribution in [0.2, 0.25) is 0 Å². The molecule has 0 spiro atoms. The molecule has 21 heavy (non-hydrogen) atoms. The molecular formula is C15H13Br2F2NO. The standard InChI is InChI=1S/C15H13Br2F2NO/c1-20-15(14-9(16)4-3-5-11(14)18)8-6-10(17)12(19)7-13(8)21-2/h3-7,15,20H,1-2H3. The van der Waals surface area contributed by atoms with Crippen LogP contribution in [0.1, 0.15) is 17.2 Å². The zero-order chi connectivity index (χ0) is 15.6. The zero-order valence-corrected chi connectivity index (χ0v) is 14.6. The minimum Gasteiger partial charge on any atom is -0.496 e. The molecule has 0 radical (unpaired) electrons. The second-order valence-electron chi connectivity index (χ2n) is 4.37. The molecule has 0 saturated heterocycles.